The number of alkyl halides is 3. The number of rotatable bonds is 5. The molecule has 152 valence electrons. The molecule has 3 rings (SSSR count). The smallest absolute Gasteiger partial charge is 0.343 e. The molecule has 3 aromatic rings. The molecule has 6 nitrogen and oxygen atoms in total. The Balaban J connectivity index is 1.97. The Bertz CT molecular complexity index is 1190. The Morgan fingerprint density at radius 3 is 2.45 bits per heavy atom. The third-order valence-corrected chi connectivity index (χ3v) is 6.05. The Morgan fingerprint density at radius 2 is 1.90 bits per heavy atom. The van der Waals surface area contributed by atoms with Gasteiger partial charge in [0.1, 0.15) is 5.69 Å². The average Bonchev–Trinajstić information content (AvgIpc) is 3.05. The fraction of sp³-hybridized carbons (Fsp3) is 0.263. The second kappa shape index (κ2) is 7.50. The number of fused-ring (bicyclic) bond motifs is 1. The summed E-state index contributed by atoms with van der Waals surface area (Å²) in [6, 6.07) is 9.22. The van der Waals surface area contributed by atoms with Crippen LogP contribution >= 0.6 is 0 Å². The summed E-state index contributed by atoms with van der Waals surface area (Å²) in [5.74, 6) is 0. The van der Waals surface area contributed by atoms with Gasteiger partial charge in [0.05, 0.1) is 28.1 Å². The largest absolute Gasteiger partial charge is 0.433 e. The zero-order valence-electron chi connectivity index (χ0n) is 15.5. The molecule has 29 heavy (non-hydrogen) atoms. The number of halogens is 3. The molecule has 1 aromatic carbocycles. The van der Waals surface area contributed by atoms with Crippen LogP contribution < -0.4 is 4.72 Å². The van der Waals surface area contributed by atoms with Crippen LogP contribution in [0.4, 0.5) is 13.2 Å². The first-order valence-electron chi connectivity index (χ1n) is 8.65. The molecule has 0 fully saturated rings. The number of aryl methyl sites for hydroxylation is 1. The molecule has 0 amide bonds. The average molecular weight is 422 g/mol. The van der Waals surface area contributed by atoms with Crippen molar-refractivity contribution < 1.29 is 21.6 Å². The van der Waals surface area contributed by atoms with Crippen LogP contribution in [0, 0.1) is 11.3 Å². The van der Waals surface area contributed by atoms with E-state index in [1.165, 1.54) is 24.3 Å². The van der Waals surface area contributed by atoms with Crippen LogP contribution in [-0.4, -0.2) is 18.0 Å². The third kappa shape index (κ3) is 4.11. The summed E-state index contributed by atoms with van der Waals surface area (Å²) >= 11 is 0. The predicted molar refractivity (Wildman–Crippen MR) is 100 cm³/mol. The lowest BCUT2D eigenvalue weighted by atomic mass is 10.2. The molecule has 2 aromatic heterocycles. The van der Waals surface area contributed by atoms with Crippen LogP contribution in [0.3, 0.4) is 0 Å². The van der Waals surface area contributed by atoms with E-state index < -0.39 is 27.9 Å². The summed E-state index contributed by atoms with van der Waals surface area (Å²) in [5.41, 5.74) is 0.168. The molecule has 0 aliphatic rings. The number of aromatic nitrogens is 2. The second-order valence-electron chi connectivity index (χ2n) is 6.42. The monoisotopic (exact) mass is 422 g/mol. The fourth-order valence-corrected chi connectivity index (χ4v) is 4.33. The highest BCUT2D eigenvalue weighted by Crippen LogP contribution is 2.32. The summed E-state index contributed by atoms with van der Waals surface area (Å²) in [6.45, 7) is 3.72. The summed E-state index contributed by atoms with van der Waals surface area (Å²) in [7, 11) is -3.89. The van der Waals surface area contributed by atoms with E-state index in [4.69, 9.17) is 5.26 Å². The third-order valence-electron chi connectivity index (χ3n) is 4.49. The molecule has 1 N–H and O–H groups in total. The molecule has 1 unspecified atom stereocenters. The van der Waals surface area contributed by atoms with E-state index in [0.717, 1.165) is 12.3 Å². The molecule has 0 spiro atoms. The Hall–Kier alpha value is -2.90. The van der Waals surface area contributed by atoms with Gasteiger partial charge in [0.2, 0.25) is 10.0 Å². The van der Waals surface area contributed by atoms with Crippen molar-refractivity contribution in [2.24, 2.45) is 0 Å². The second-order valence-corrected chi connectivity index (χ2v) is 8.13. The SMILES string of the molecule is CCn1c(C(C)NS(=O)(=O)c2ccc(C#N)cc2)cc2cnc(C(F)(F)F)cc21. The topological polar surface area (TPSA) is 87.8 Å². The zero-order chi connectivity index (χ0) is 21.4. The highest BCUT2D eigenvalue weighted by atomic mass is 32.2. The molecule has 1 atom stereocenters. The number of nitrogens with zero attached hydrogens (tertiary/aromatic N) is 3. The van der Waals surface area contributed by atoms with E-state index in [0.29, 0.717) is 28.7 Å². The van der Waals surface area contributed by atoms with Crippen LogP contribution in [0.15, 0.2) is 47.5 Å². The molecule has 2 heterocycles. The van der Waals surface area contributed by atoms with Gasteiger partial charge in [0.15, 0.2) is 0 Å². The van der Waals surface area contributed by atoms with Gasteiger partial charge in [-0.2, -0.15) is 18.4 Å². The predicted octanol–water partition coefficient (Wildman–Crippen LogP) is 3.99. The van der Waals surface area contributed by atoms with Gasteiger partial charge in [0.25, 0.3) is 0 Å². The summed E-state index contributed by atoms with van der Waals surface area (Å²) in [5, 5.41) is 9.31. The van der Waals surface area contributed by atoms with Gasteiger partial charge in [-0.25, -0.2) is 13.1 Å². The van der Waals surface area contributed by atoms with Gasteiger partial charge >= 0.3 is 6.18 Å². The highest BCUT2D eigenvalue weighted by molar-refractivity contribution is 7.89. The van der Waals surface area contributed by atoms with Crippen LogP contribution in [0.25, 0.3) is 10.9 Å². The maximum atomic E-state index is 13.0. The lowest BCUT2D eigenvalue weighted by molar-refractivity contribution is -0.141. The lowest BCUT2D eigenvalue weighted by Crippen LogP contribution is -2.28. The molecule has 10 heteroatoms. The maximum Gasteiger partial charge on any atom is 0.433 e. The molecule has 0 aliphatic carbocycles. The minimum Gasteiger partial charge on any atom is -0.343 e. The van der Waals surface area contributed by atoms with Crippen molar-refractivity contribution >= 4 is 20.9 Å². The quantitative estimate of drug-likeness (QED) is 0.674. The zero-order valence-corrected chi connectivity index (χ0v) is 16.3. The van der Waals surface area contributed by atoms with E-state index in [1.807, 2.05) is 6.07 Å². The standard InChI is InChI=1S/C19H17F3N4O2S/c1-3-26-16(8-14-11-24-18(9-17(14)26)19(20,21)22)12(2)25-29(27,28)15-6-4-13(10-23)5-7-15/h4-9,11-12,25H,3H2,1-2H3. The van der Waals surface area contributed by atoms with Crippen molar-refractivity contribution in [2.45, 2.75) is 37.5 Å². The number of nitriles is 1. The molecule has 0 bridgehead atoms. The number of sulfonamides is 1. The Morgan fingerprint density at radius 1 is 1.24 bits per heavy atom. The fourth-order valence-electron chi connectivity index (χ4n) is 3.11. The number of hydrogen-bond acceptors (Lipinski definition) is 4. The first kappa shape index (κ1) is 20.8. The van der Waals surface area contributed by atoms with Crippen molar-refractivity contribution in [1.29, 1.82) is 5.26 Å². The molecule has 0 aliphatic heterocycles. The van der Waals surface area contributed by atoms with Crippen molar-refractivity contribution in [3.63, 3.8) is 0 Å². The van der Waals surface area contributed by atoms with E-state index in [2.05, 4.69) is 9.71 Å². The van der Waals surface area contributed by atoms with Crippen molar-refractivity contribution in [1.82, 2.24) is 14.3 Å². The van der Waals surface area contributed by atoms with Crippen molar-refractivity contribution in [3.05, 3.63) is 59.5 Å². The molecule has 0 saturated heterocycles. The minimum absolute atomic E-state index is 0.0106. The summed E-state index contributed by atoms with van der Waals surface area (Å²) < 4.78 is 68.5. The number of hydrogen-bond donors (Lipinski definition) is 1. The Labute approximate surface area is 165 Å². The number of benzene rings is 1. The van der Waals surface area contributed by atoms with E-state index >= 15 is 0 Å². The minimum atomic E-state index is -4.57. The highest BCUT2D eigenvalue weighted by Gasteiger charge is 2.33. The van der Waals surface area contributed by atoms with Crippen LogP contribution in [-0.2, 0) is 22.7 Å². The van der Waals surface area contributed by atoms with Gasteiger partial charge in [-0.3, -0.25) is 4.98 Å². The van der Waals surface area contributed by atoms with E-state index in [-0.39, 0.29) is 4.90 Å². The molecular weight excluding hydrogens is 405 g/mol. The number of nitrogens with one attached hydrogen (secondary N) is 1. The molecular formula is C19H17F3N4O2S. The van der Waals surface area contributed by atoms with Gasteiger partial charge in [-0.15, -0.1) is 0 Å². The summed E-state index contributed by atoms with van der Waals surface area (Å²) in [6.07, 6.45) is -3.43. The van der Waals surface area contributed by atoms with Crippen LogP contribution in [0.1, 0.15) is 36.8 Å². The van der Waals surface area contributed by atoms with E-state index in [9.17, 15) is 21.6 Å². The normalized spacial score (nSPS) is 13.4. The lowest BCUT2D eigenvalue weighted by Gasteiger charge is -2.17. The molecule has 0 saturated carbocycles. The van der Waals surface area contributed by atoms with E-state index in [1.54, 1.807) is 24.5 Å². The van der Waals surface area contributed by atoms with Crippen LogP contribution in [0.5, 0.6) is 0 Å². The first-order chi connectivity index (χ1) is 13.6. The van der Waals surface area contributed by atoms with Crippen LogP contribution in [0.2, 0.25) is 0 Å². The van der Waals surface area contributed by atoms with Gasteiger partial charge in [0, 0.05) is 23.8 Å². The maximum absolute atomic E-state index is 13.0. The number of pyridine rings is 1. The van der Waals surface area contributed by atoms with Crippen molar-refractivity contribution in [2.75, 3.05) is 0 Å². The van der Waals surface area contributed by atoms with Gasteiger partial charge in [-0.1, -0.05) is 0 Å². The van der Waals surface area contributed by atoms with Gasteiger partial charge < -0.3 is 4.57 Å². The Kier molecular flexibility index (Phi) is 5.38. The van der Waals surface area contributed by atoms with Crippen molar-refractivity contribution in [3.8, 4) is 6.07 Å². The summed E-state index contributed by atoms with van der Waals surface area (Å²) in [4.78, 5) is 3.45. The van der Waals surface area contributed by atoms with Gasteiger partial charge in [-0.05, 0) is 50.2 Å². The molecule has 0 radical (unpaired) electrons. The first-order valence-corrected chi connectivity index (χ1v) is 10.1.